The molecule has 0 aliphatic carbocycles. The number of ether oxygens (including phenoxy) is 1. The van der Waals surface area contributed by atoms with E-state index in [2.05, 4.69) is 5.16 Å². The molecule has 0 aromatic heterocycles. The molecule has 2 N–H and O–H groups in total. The van der Waals surface area contributed by atoms with Gasteiger partial charge < -0.3 is 15.3 Å². The average molecular weight is 277 g/mol. The Hall–Kier alpha value is -0.970. The first-order valence-corrected chi connectivity index (χ1v) is 5.45. The first-order chi connectivity index (χ1) is 7.78. The van der Waals surface area contributed by atoms with Crippen molar-refractivity contribution in [3.05, 3.63) is 29.3 Å². The smallest absolute Gasteiger partial charge is 0.166 e. The summed E-state index contributed by atoms with van der Waals surface area (Å²) in [5, 5.41) is 4.55. The molecule has 0 bridgehead atoms. The molecule has 17 heavy (non-hydrogen) atoms. The molecule has 0 fully saturated rings. The number of hydrogen-bond donors (Lipinski definition) is 1. The first-order valence-electron chi connectivity index (χ1n) is 5.08. The standard InChI is InChI=1S/C11H13ClN2O2.ClH/c12-8-1-3-10(4-2-8)15-7-11-5-9(6-13)14-16-11;/h1-4,11H,5-7,13H2;1H. The van der Waals surface area contributed by atoms with Gasteiger partial charge >= 0.3 is 0 Å². The summed E-state index contributed by atoms with van der Waals surface area (Å²) in [6.07, 6.45) is 0.707. The third-order valence-corrected chi connectivity index (χ3v) is 2.53. The molecule has 0 saturated heterocycles. The van der Waals surface area contributed by atoms with E-state index in [1.54, 1.807) is 12.1 Å². The Bertz CT molecular complexity index is 382. The van der Waals surface area contributed by atoms with Gasteiger partial charge in [-0.15, -0.1) is 12.4 Å². The van der Waals surface area contributed by atoms with Crippen LogP contribution in [0.4, 0.5) is 0 Å². The second-order valence-corrected chi connectivity index (χ2v) is 3.99. The minimum atomic E-state index is -0.0331. The molecule has 1 heterocycles. The van der Waals surface area contributed by atoms with Crippen LogP contribution >= 0.6 is 24.0 Å². The highest BCUT2D eigenvalue weighted by Crippen LogP contribution is 2.17. The van der Waals surface area contributed by atoms with Gasteiger partial charge in [-0.25, -0.2) is 0 Å². The van der Waals surface area contributed by atoms with Gasteiger partial charge in [0.25, 0.3) is 0 Å². The van der Waals surface area contributed by atoms with Crippen LogP contribution in [0, 0.1) is 0 Å². The second-order valence-electron chi connectivity index (χ2n) is 3.56. The van der Waals surface area contributed by atoms with Crippen molar-refractivity contribution in [3.8, 4) is 5.75 Å². The van der Waals surface area contributed by atoms with Crippen LogP contribution in [0.2, 0.25) is 5.02 Å². The molecule has 1 unspecified atom stereocenters. The lowest BCUT2D eigenvalue weighted by atomic mass is 10.2. The van der Waals surface area contributed by atoms with E-state index in [0.29, 0.717) is 18.2 Å². The number of nitrogens with zero attached hydrogens (tertiary/aromatic N) is 1. The van der Waals surface area contributed by atoms with Crippen molar-refractivity contribution >= 4 is 29.7 Å². The highest BCUT2D eigenvalue weighted by molar-refractivity contribution is 6.30. The van der Waals surface area contributed by atoms with Crippen LogP contribution in [-0.4, -0.2) is 25.0 Å². The zero-order chi connectivity index (χ0) is 11.4. The highest BCUT2D eigenvalue weighted by atomic mass is 35.5. The molecule has 2 rings (SSSR count). The summed E-state index contributed by atoms with van der Waals surface area (Å²) in [7, 11) is 0. The second kappa shape index (κ2) is 6.69. The number of nitrogens with two attached hydrogens (primary N) is 1. The van der Waals surface area contributed by atoms with E-state index in [4.69, 9.17) is 26.9 Å². The van der Waals surface area contributed by atoms with Crippen molar-refractivity contribution in [2.75, 3.05) is 13.2 Å². The molecule has 0 spiro atoms. The predicted octanol–water partition coefficient (Wildman–Crippen LogP) is 2.24. The van der Waals surface area contributed by atoms with Crippen LogP contribution in [0.3, 0.4) is 0 Å². The molecule has 1 aliphatic rings. The van der Waals surface area contributed by atoms with E-state index < -0.39 is 0 Å². The number of hydrogen-bond acceptors (Lipinski definition) is 4. The molecular formula is C11H14Cl2N2O2. The van der Waals surface area contributed by atoms with E-state index >= 15 is 0 Å². The fourth-order valence-electron chi connectivity index (χ4n) is 1.42. The summed E-state index contributed by atoms with van der Waals surface area (Å²) in [5.41, 5.74) is 6.33. The molecular weight excluding hydrogens is 263 g/mol. The van der Waals surface area contributed by atoms with Crippen molar-refractivity contribution in [1.82, 2.24) is 0 Å². The van der Waals surface area contributed by atoms with Crippen molar-refractivity contribution in [3.63, 3.8) is 0 Å². The van der Waals surface area contributed by atoms with Gasteiger partial charge in [-0.3, -0.25) is 0 Å². The number of benzene rings is 1. The number of oxime groups is 1. The van der Waals surface area contributed by atoms with Crippen molar-refractivity contribution in [2.45, 2.75) is 12.5 Å². The maximum Gasteiger partial charge on any atom is 0.166 e. The van der Waals surface area contributed by atoms with E-state index in [9.17, 15) is 0 Å². The topological polar surface area (TPSA) is 56.8 Å². The minimum absolute atomic E-state index is 0. The van der Waals surface area contributed by atoms with E-state index in [0.717, 1.165) is 17.9 Å². The van der Waals surface area contributed by atoms with Gasteiger partial charge in [0.2, 0.25) is 0 Å². The summed E-state index contributed by atoms with van der Waals surface area (Å²) in [6.45, 7) is 0.909. The fourth-order valence-corrected chi connectivity index (χ4v) is 1.54. The Balaban J connectivity index is 0.00000144. The molecule has 1 aliphatic heterocycles. The Kier molecular flexibility index (Phi) is 5.55. The quantitative estimate of drug-likeness (QED) is 0.918. The Morgan fingerprint density at radius 2 is 2.12 bits per heavy atom. The fraction of sp³-hybridized carbons (Fsp3) is 0.364. The van der Waals surface area contributed by atoms with E-state index in [1.165, 1.54) is 0 Å². The average Bonchev–Trinajstić information content (AvgIpc) is 2.76. The van der Waals surface area contributed by atoms with Crippen molar-refractivity contribution in [1.29, 1.82) is 0 Å². The van der Waals surface area contributed by atoms with Gasteiger partial charge in [-0.1, -0.05) is 16.8 Å². The lowest BCUT2D eigenvalue weighted by molar-refractivity contribution is 0.0471. The number of rotatable bonds is 4. The van der Waals surface area contributed by atoms with Crippen LogP contribution in [0.1, 0.15) is 6.42 Å². The largest absolute Gasteiger partial charge is 0.490 e. The third kappa shape index (κ3) is 4.07. The molecule has 94 valence electrons. The van der Waals surface area contributed by atoms with Gasteiger partial charge in [-0.05, 0) is 24.3 Å². The molecule has 6 heteroatoms. The van der Waals surface area contributed by atoms with Gasteiger partial charge in [-0.2, -0.15) is 0 Å². The lowest BCUT2D eigenvalue weighted by Gasteiger charge is -2.10. The molecule has 1 aromatic rings. The van der Waals surface area contributed by atoms with Crippen LogP contribution < -0.4 is 10.5 Å². The number of halogens is 2. The summed E-state index contributed by atoms with van der Waals surface area (Å²) in [4.78, 5) is 5.16. The summed E-state index contributed by atoms with van der Waals surface area (Å²) >= 11 is 5.76. The maximum absolute atomic E-state index is 5.76. The Morgan fingerprint density at radius 3 is 2.71 bits per heavy atom. The molecule has 4 nitrogen and oxygen atoms in total. The van der Waals surface area contributed by atoms with Gasteiger partial charge in [0.05, 0.1) is 5.71 Å². The molecule has 0 saturated carbocycles. The molecule has 0 amide bonds. The van der Waals surface area contributed by atoms with Crippen molar-refractivity contribution in [2.24, 2.45) is 10.9 Å². The summed E-state index contributed by atoms with van der Waals surface area (Å²) < 4.78 is 5.54. The third-order valence-electron chi connectivity index (χ3n) is 2.28. The Morgan fingerprint density at radius 1 is 1.41 bits per heavy atom. The zero-order valence-corrected chi connectivity index (χ0v) is 10.7. The van der Waals surface area contributed by atoms with Crippen LogP contribution in [0.5, 0.6) is 5.75 Å². The lowest BCUT2D eigenvalue weighted by Crippen LogP contribution is -2.20. The monoisotopic (exact) mass is 276 g/mol. The van der Waals surface area contributed by atoms with Crippen LogP contribution in [-0.2, 0) is 4.84 Å². The van der Waals surface area contributed by atoms with Gasteiger partial charge in [0, 0.05) is 18.0 Å². The van der Waals surface area contributed by atoms with E-state index in [1.807, 2.05) is 12.1 Å². The minimum Gasteiger partial charge on any atom is -0.490 e. The molecule has 1 atom stereocenters. The van der Waals surface area contributed by atoms with Crippen LogP contribution in [0.15, 0.2) is 29.4 Å². The Labute approximate surface area is 111 Å². The van der Waals surface area contributed by atoms with Gasteiger partial charge in [0.1, 0.15) is 12.4 Å². The molecule has 0 radical (unpaired) electrons. The maximum atomic E-state index is 5.76. The first kappa shape index (κ1) is 14.1. The van der Waals surface area contributed by atoms with Crippen LogP contribution in [0.25, 0.3) is 0 Å². The summed E-state index contributed by atoms with van der Waals surface area (Å²) in [6, 6.07) is 7.21. The highest BCUT2D eigenvalue weighted by Gasteiger charge is 2.20. The SMILES string of the molecule is Cl.NCC1=NOC(COc2ccc(Cl)cc2)C1. The normalized spacial score (nSPS) is 18.0. The van der Waals surface area contributed by atoms with E-state index in [-0.39, 0.29) is 18.5 Å². The summed E-state index contributed by atoms with van der Waals surface area (Å²) in [5.74, 6) is 0.772. The zero-order valence-electron chi connectivity index (χ0n) is 9.14. The predicted molar refractivity (Wildman–Crippen MR) is 70.2 cm³/mol. The van der Waals surface area contributed by atoms with Gasteiger partial charge in [0.15, 0.2) is 6.10 Å². The molecule has 1 aromatic carbocycles. The van der Waals surface area contributed by atoms with Crippen molar-refractivity contribution < 1.29 is 9.57 Å².